The Balaban J connectivity index is 1.31. The molecule has 0 radical (unpaired) electrons. The van der Waals surface area contributed by atoms with Crippen LogP contribution in [0.25, 0.3) is 17.0 Å². The third-order valence-corrected chi connectivity index (χ3v) is 7.11. The molecular weight excluding hydrogens is 540 g/mol. The number of rotatable bonds is 9. The second kappa shape index (κ2) is 11.1. The first kappa shape index (κ1) is 24.2. The first-order chi connectivity index (χ1) is 17.6. The van der Waals surface area contributed by atoms with Gasteiger partial charge in [-0.2, -0.15) is 0 Å². The third kappa shape index (κ3) is 5.50. The van der Waals surface area contributed by atoms with E-state index in [1.54, 1.807) is 6.08 Å². The van der Waals surface area contributed by atoms with E-state index in [2.05, 4.69) is 20.5 Å². The van der Waals surface area contributed by atoms with Gasteiger partial charge in [0.2, 0.25) is 0 Å². The lowest BCUT2D eigenvalue weighted by atomic mass is 10.1. The van der Waals surface area contributed by atoms with E-state index in [4.69, 9.17) is 9.47 Å². The van der Waals surface area contributed by atoms with Crippen molar-refractivity contribution >= 4 is 55.8 Å². The molecule has 2 amide bonds. The van der Waals surface area contributed by atoms with E-state index >= 15 is 0 Å². The van der Waals surface area contributed by atoms with Crippen LogP contribution in [-0.4, -0.2) is 40.4 Å². The molecule has 2 heterocycles. The van der Waals surface area contributed by atoms with Crippen LogP contribution < -0.4 is 9.47 Å². The van der Waals surface area contributed by atoms with Gasteiger partial charge < -0.3 is 14.0 Å². The standard InChI is InChI=1S/C28H23BrN2O4S/c29-21-11-12-25-24(18-21)20(19-30(25)13-15-34-22-7-3-1-4-8-22)17-26-27(32)31(28(33)36-26)14-16-35-23-9-5-2-6-10-23/h1-12,17-19H,13-16H2/b26-17-. The number of carbonyl (C=O) groups is 2. The number of carbonyl (C=O) groups excluding carboxylic acids is 2. The van der Waals surface area contributed by atoms with E-state index in [1.165, 1.54) is 4.90 Å². The Bertz CT molecular complexity index is 1420. The summed E-state index contributed by atoms with van der Waals surface area (Å²) >= 11 is 4.50. The Kier molecular flexibility index (Phi) is 7.44. The topological polar surface area (TPSA) is 60.8 Å². The lowest BCUT2D eigenvalue weighted by molar-refractivity contribution is -0.123. The minimum atomic E-state index is -0.301. The molecule has 0 unspecified atom stereocenters. The molecule has 36 heavy (non-hydrogen) atoms. The SMILES string of the molecule is O=C1S/C(=C\c2cn(CCOc3ccccc3)c3ccc(Br)cc23)C(=O)N1CCOc1ccccc1. The highest BCUT2D eigenvalue weighted by molar-refractivity contribution is 9.10. The third-order valence-electron chi connectivity index (χ3n) is 5.71. The predicted molar refractivity (Wildman–Crippen MR) is 146 cm³/mol. The number of benzene rings is 3. The van der Waals surface area contributed by atoms with Crippen molar-refractivity contribution in [2.24, 2.45) is 0 Å². The average molecular weight is 563 g/mol. The van der Waals surface area contributed by atoms with Gasteiger partial charge in [-0.15, -0.1) is 0 Å². The monoisotopic (exact) mass is 562 g/mol. The number of thioether (sulfide) groups is 1. The van der Waals surface area contributed by atoms with Crippen molar-refractivity contribution in [1.82, 2.24) is 9.47 Å². The molecule has 1 aromatic heterocycles. The van der Waals surface area contributed by atoms with E-state index in [-0.39, 0.29) is 24.3 Å². The summed E-state index contributed by atoms with van der Waals surface area (Å²) in [6.45, 7) is 1.57. The molecule has 0 bridgehead atoms. The van der Waals surface area contributed by atoms with Crippen LogP contribution in [0.4, 0.5) is 4.79 Å². The largest absolute Gasteiger partial charge is 0.492 e. The molecule has 1 fully saturated rings. The highest BCUT2D eigenvalue weighted by atomic mass is 79.9. The Morgan fingerprint density at radius 1 is 0.833 bits per heavy atom. The van der Waals surface area contributed by atoms with Gasteiger partial charge in [-0.3, -0.25) is 14.5 Å². The molecule has 5 rings (SSSR count). The van der Waals surface area contributed by atoms with E-state index < -0.39 is 0 Å². The van der Waals surface area contributed by atoms with E-state index in [0.29, 0.717) is 23.8 Å². The van der Waals surface area contributed by atoms with Crippen molar-refractivity contribution in [1.29, 1.82) is 0 Å². The summed E-state index contributed by atoms with van der Waals surface area (Å²) in [5.74, 6) is 1.22. The molecule has 0 N–H and O–H groups in total. The van der Waals surface area contributed by atoms with Gasteiger partial charge in [-0.25, -0.2) is 0 Å². The molecule has 0 aliphatic carbocycles. The van der Waals surface area contributed by atoms with Crippen molar-refractivity contribution in [3.63, 3.8) is 0 Å². The average Bonchev–Trinajstić information content (AvgIpc) is 3.36. The first-order valence-electron chi connectivity index (χ1n) is 11.5. The Morgan fingerprint density at radius 2 is 1.47 bits per heavy atom. The molecule has 1 saturated heterocycles. The van der Waals surface area contributed by atoms with Crippen LogP contribution >= 0.6 is 27.7 Å². The second-order valence-electron chi connectivity index (χ2n) is 8.10. The van der Waals surface area contributed by atoms with Crippen LogP contribution in [0.3, 0.4) is 0 Å². The Labute approximate surface area is 221 Å². The normalized spacial score (nSPS) is 14.7. The summed E-state index contributed by atoms with van der Waals surface area (Å²) < 4.78 is 14.6. The van der Waals surface area contributed by atoms with Gasteiger partial charge in [0.25, 0.3) is 11.1 Å². The van der Waals surface area contributed by atoms with Crippen LogP contribution in [0.5, 0.6) is 11.5 Å². The van der Waals surface area contributed by atoms with Crippen molar-refractivity contribution in [3.8, 4) is 11.5 Å². The Morgan fingerprint density at radius 3 is 2.14 bits per heavy atom. The maximum atomic E-state index is 13.0. The predicted octanol–water partition coefficient (Wildman–Crippen LogP) is 6.60. The summed E-state index contributed by atoms with van der Waals surface area (Å²) in [4.78, 5) is 27.2. The molecule has 8 heteroatoms. The smallest absolute Gasteiger partial charge is 0.293 e. The van der Waals surface area contributed by atoms with Gasteiger partial charge >= 0.3 is 0 Å². The van der Waals surface area contributed by atoms with Crippen molar-refractivity contribution < 1.29 is 19.1 Å². The first-order valence-corrected chi connectivity index (χ1v) is 13.1. The van der Waals surface area contributed by atoms with E-state index in [9.17, 15) is 9.59 Å². The summed E-state index contributed by atoms with van der Waals surface area (Å²) in [5, 5.41) is 0.701. The number of imide groups is 1. The minimum absolute atomic E-state index is 0.195. The van der Waals surface area contributed by atoms with Gasteiger partial charge in [-0.05, 0) is 60.3 Å². The highest BCUT2D eigenvalue weighted by Gasteiger charge is 2.35. The fourth-order valence-electron chi connectivity index (χ4n) is 3.98. The number of ether oxygens (including phenoxy) is 2. The van der Waals surface area contributed by atoms with Crippen LogP contribution in [0.2, 0.25) is 0 Å². The van der Waals surface area contributed by atoms with E-state index in [0.717, 1.165) is 38.5 Å². The van der Waals surface area contributed by atoms with Crippen LogP contribution in [0, 0.1) is 0 Å². The quantitative estimate of drug-likeness (QED) is 0.215. The summed E-state index contributed by atoms with van der Waals surface area (Å²) in [6, 6.07) is 25.1. The van der Waals surface area contributed by atoms with Crippen molar-refractivity contribution in [2.75, 3.05) is 19.8 Å². The number of nitrogens with zero attached hydrogens (tertiary/aromatic N) is 2. The fourth-order valence-corrected chi connectivity index (χ4v) is 5.20. The molecule has 0 saturated carbocycles. The summed E-state index contributed by atoms with van der Waals surface area (Å²) in [5.41, 5.74) is 1.90. The molecule has 4 aromatic rings. The Hall–Kier alpha value is -3.49. The summed E-state index contributed by atoms with van der Waals surface area (Å²) in [6.07, 6.45) is 3.80. The molecule has 182 valence electrons. The van der Waals surface area contributed by atoms with Crippen LogP contribution in [-0.2, 0) is 11.3 Å². The number of halogens is 1. The van der Waals surface area contributed by atoms with E-state index in [1.807, 2.05) is 85.1 Å². The molecule has 3 aromatic carbocycles. The lowest BCUT2D eigenvalue weighted by Crippen LogP contribution is -2.32. The minimum Gasteiger partial charge on any atom is -0.492 e. The zero-order valence-corrected chi connectivity index (χ0v) is 21.7. The van der Waals surface area contributed by atoms with Gasteiger partial charge in [0.05, 0.1) is 18.0 Å². The van der Waals surface area contributed by atoms with Crippen LogP contribution in [0.15, 0.2) is 94.4 Å². The molecule has 0 spiro atoms. The number of amides is 2. The highest BCUT2D eigenvalue weighted by Crippen LogP contribution is 2.34. The van der Waals surface area contributed by atoms with Gasteiger partial charge in [-0.1, -0.05) is 52.3 Å². The zero-order chi connectivity index (χ0) is 24.9. The maximum absolute atomic E-state index is 13.0. The molecule has 6 nitrogen and oxygen atoms in total. The zero-order valence-electron chi connectivity index (χ0n) is 19.3. The van der Waals surface area contributed by atoms with Crippen LogP contribution in [0.1, 0.15) is 5.56 Å². The number of hydrogen-bond donors (Lipinski definition) is 0. The van der Waals surface area contributed by atoms with Gasteiger partial charge in [0.15, 0.2) is 0 Å². The van der Waals surface area contributed by atoms with Gasteiger partial charge in [0.1, 0.15) is 24.7 Å². The molecule has 1 aliphatic rings. The maximum Gasteiger partial charge on any atom is 0.293 e. The van der Waals surface area contributed by atoms with Crippen molar-refractivity contribution in [2.45, 2.75) is 6.54 Å². The number of hydrogen-bond acceptors (Lipinski definition) is 5. The lowest BCUT2D eigenvalue weighted by Gasteiger charge is -2.13. The fraction of sp³-hybridized carbons (Fsp3) is 0.143. The molecule has 1 aliphatic heterocycles. The number of fused-ring (bicyclic) bond motifs is 1. The molecular formula is C28H23BrN2O4S. The number of aromatic nitrogens is 1. The summed E-state index contributed by atoms with van der Waals surface area (Å²) in [7, 11) is 0. The second-order valence-corrected chi connectivity index (χ2v) is 10.0. The molecule has 0 atom stereocenters. The van der Waals surface area contributed by atoms with Gasteiger partial charge in [0, 0.05) is 27.1 Å². The number of para-hydroxylation sites is 2. The van der Waals surface area contributed by atoms with Crippen molar-refractivity contribution in [3.05, 3.63) is 100 Å².